The maximum absolute atomic E-state index is 5.78. The molecule has 0 aliphatic rings. The summed E-state index contributed by atoms with van der Waals surface area (Å²) in [6, 6.07) is 0. The van der Waals surface area contributed by atoms with Gasteiger partial charge in [0.15, 0.2) is 0 Å². The summed E-state index contributed by atoms with van der Waals surface area (Å²) in [5, 5.41) is 0.727. The summed E-state index contributed by atoms with van der Waals surface area (Å²) in [7, 11) is 0. The van der Waals surface area contributed by atoms with Crippen molar-refractivity contribution in [2.45, 2.75) is 0 Å². The van der Waals surface area contributed by atoms with E-state index in [9.17, 15) is 0 Å². The van der Waals surface area contributed by atoms with E-state index < -0.39 is 0 Å². The van der Waals surface area contributed by atoms with Gasteiger partial charge in [0, 0.05) is 12.4 Å². The molecule has 0 amide bonds. The molecule has 0 fully saturated rings. The van der Waals surface area contributed by atoms with Gasteiger partial charge in [-0.2, -0.15) is 0 Å². The quantitative estimate of drug-likeness (QED) is 0.670. The van der Waals surface area contributed by atoms with E-state index in [4.69, 9.17) is 11.6 Å². The van der Waals surface area contributed by atoms with E-state index >= 15 is 0 Å². The second-order valence-electron chi connectivity index (χ2n) is 1.42. The molecule has 0 bridgehead atoms. The van der Waals surface area contributed by atoms with Crippen molar-refractivity contribution in [1.82, 2.24) is 4.98 Å². The summed E-state index contributed by atoms with van der Waals surface area (Å²) in [6.07, 6.45) is 3.39. The van der Waals surface area contributed by atoms with E-state index in [1.807, 2.05) is 0 Å². The van der Waals surface area contributed by atoms with Gasteiger partial charge in [-0.25, -0.2) is 0 Å². The molecule has 0 aliphatic heterocycles. The third kappa shape index (κ3) is 1.78. The first-order valence-corrected chi connectivity index (χ1v) is 4.41. The van der Waals surface area contributed by atoms with Gasteiger partial charge in [-0.05, 0) is 38.5 Å². The smallest absolute Gasteiger partial charge is 0.0712 e. The normalized spacial score (nSPS) is 9.67. The number of nitrogens with zero attached hydrogens (tertiary/aromatic N) is 1. The number of aromatic nitrogens is 1. The van der Waals surface area contributed by atoms with Crippen LogP contribution < -0.4 is 0 Å². The molecule has 1 aromatic heterocycles. The van der Waals surface area contributed by atoms with Crippen molar-refractivity contribution in [3.63, 3.8) is 0 Å². The molecule has 4 heteroatoms. The lowest BCUT2D eigenvalue weighted by Gasteiger charge is -1.94. The van der Waals surface area contributed by atoms with E-state index in [0.717, 1.165) is 13.1 Å². The van der Waals surface area contributed by atoms with Crippen molar-refractivity contribution < 1.29 is 0 Å². The van der Waals surface area contributed by atoms with E-state index in [1.54, 1.807) is 12.4 Å². The molecular weight excluding hydrogens is 316 g/mol. The fraction of sp³-hybridized carbons (Fsp3) is 0. The minimum atomic E-state index is 0.727. The van der Waals surface area contributed by atoms with Crippen molar-refractivity contribution in [3.05, 3.63) is 25.5 Å². The summed E-state index contributed by atoms with van der Waals surface area (Å²) >= 11 is 11.2. The number of hydrogen-bond acceptors (Lipinski definition) is 1. The lowest BCUT2D eigenvalue weighted by Crippen LogP contribution is -1.77. The van der Waals surface area contributed by atoms with Gasteiger partial charge in [-0.1, -0.05) is 11.6 Å². The Morgan fingerprint density at radius 3 is 2.67 bits per heavy atom. The Kier molecular flexibility index (Phi) is 2.73. The lowest BCUT2D eigenvalue weighted by molar-refractivity contribution is 1.29. The van der Waals surface area contributed by atoms with Crippen LogP contribution in [0.25, 0.3) is 0 Å². The summed E-state index contributed by atoms with van der Waals surface area (Å²) in [4.78, 5) is 3.91. The fourth-order valence-electron chi connectivity index (χ4n) is 0.396. The zero-order chi connectivity index (χ0) is 6.85. The van der Waals surface area contributed by atoms with Crippen LogP contribution in [0.5, 0.6) is 0 Å². The highest BCUT2D eigenvalue weighted by Crippen LogP contribution is 2.25. The van der Waals surface area contributed by atoms with Crippen LogP contribution in [0.3, 0.4) is 0 Å². The number of rotatable bonds is 0. The molecule has 0 saturated heterocycles. The highest BCUT2D eigenvalue weighted by atomic mass is 127. The largest absolute Gasteiger partial charge is 0.262 e. The van der Waals surface area contributed by atoms with Crippen LogP contribution in [0, 0.1) is 3.57 Å². The van der Waals surface area contributed by atoms with Crippen LogP contribution in [0.1, 0.15) is 0 Å². The molecule has 0 unspecified atom stereocenters. The van der Waals surface area contributed by atoms with E-state index in [0.29, 0.717) is 0 Å². The average molecular weight is 318 g/mol. The average Bonchev–Trinajstić information content (AvgIpc) is 1.83. The summed E-state index contributed by atoms with van der Waals surface area (Å²) in [5.74, 6) is 0. The Morgan fingerprint density at radius 1 is 1.56 bits per heavy atom. The number of hydrogen-bond donors (Lipinski definition) is 0. The van der Waals surface area contributed by atoms with Crippen LogP contribution in [0.4, 0.5) is 0 Å². The second-order valence-corrected chi connectivity index (χ2v) is 3.81. The minimum Gasteiger partial charge on any atom is -0.262 e. The first-order chi connectivity index (χ1) is 4.22. The Labute approximate surface area is 80.1 Å². The third-order valence-electron chi connectivity index (χ3n) is 0.795. The molecule has 0 N–H and O–H groups in total. The van der Waals surface area contributed by atoms with Gasteiger partial charge in [0.2, 0.25) is 0 Å². The Hall–Kier alpha value is 0.650. The first-order valence-electron chi connectivity index (χ1n) is 2.16. The maximum Gasteiger partial charge on any atom is 0.0712 e. The Balaban J connectivity index is 3.25. The molecule has 1 heterocycles. The van der Waals surface area contributed by atoms with Gasteiger partial charge in [0.05, 0.1) is 13.1 Å². The summed E-state index contributed by atoms with van der Waals surface area (Å²) in [5.41, 5.74) is 0. The lowest BCUT2D eigenvalue weighted by atomic mass is 10.5. The van der Waals surface area contributed by atoms with Crippen LogP contribution in [0.2, 0.25) is 5.02 Å². The summed E-state index contributed by atoms with van der Waals surface area (Å²) in [6.45, 7) is 0. The molecule has 0 radical (unpaired) electrons. The second kappa shape index (κ2) is 3.16. The molecule has 0 saturated carbocycles. The molecule has 1 aromatic rings. The SMILES string of the molecule is Clc1c(Br)cncc1I. The van der Waals surface area contributed by atoms with E-state index in [1.165, 1.54) is 0 Å². The van der Waals surface area contributed by atoms with Crippen LogP contribution >= 0.6 is 50.1 Å². The molecule has 0 spiro atoms. The fourth-order valence-corrected chi connectivity index (χ4v) is 1.65. The minimum absolute atomic E-state index is 0.727. The molecule has 9 heavy (non-hydrogen) atoms. The van der Waals surface area contributed by atoms with E-state index in [-0.39, 0.29) is 0 Å². The van der Waals surface area contributed by atoms with Crippen molar-refractivity contribution >= 4 is 50.1 Å². The predicted octanol–water partition coefficient (Wildman–Crippen LogP) is 3.10. The van der Waals surface area contributed by atoms with Crippen molar-refractivity contribution in [2.75, 3.05) is 0 Å². The van der Waals surface area contributed by atoms with Crippen molar-refractivity contribution in [3.8, 4) is 0 Å². The monoisotopic (exact) mass is 317 g/mol. The van der Waals surface area contributed by atoms with Gasteiger partial charge in [-0.3, -0.25) is 4.98 Å². The topological polar surface area (TPSA) is 12.9 Å². The van der Waals surface area contributed by atoms with Gasteiger partial charge < -0.3 is 0 Å². The van der Waals surface area contributed by atoms with Gasteiger partial charge in [0.25, 0.3) is 0 Å². The van der Waals surface area contributed by atoms with Crippen LogP contribution in [0.15, 0.2) is 16.9 Å². The highest BCUT2D eigenvalue weighted by molar-refractivity contribution is 14.1. The molecular formula is C5H2BrClIN. The Bertz CT molecular complexity index is 208. The maximum atomic E-state index is 5.78. The van der Waals surface area contributed by atoms with Crippen LogP contribution in [-0.2, 0) is 0 Å². The third-order valence-corrected chi connectivity index (χ3v) is 3.17. The molecule has 0 aliphatic carbocycles. The van der Waals surface area contributed by atoms with Gasteiger partial charge in [0.1, 0.15) is 0 Å². The Morgan fingerprint density at radius 2 is 2.22 bits per heavy atom. The summed E-state index contributed by atoms with van der Waals surface area (Å²) < 4.78 is 1.81. The standard InChI is InChI=1S/C5H2BrClIN/c6-3-1-9-2-4(8)5(3)7/h1-2H. The van der Waals surface area contributed by atoms with Gasteiger partial charge >= 0.3 is 0 Å². The molecule has 1 nitrogen and oxygen atoms in total. The van der Waals surface area contributed by atoms with Crippen LogP contribution in [-0.4, -0.2) is 4.98 Å². The van der Waals surface area contributed by atoms with Crippen molar-refractivity contribution in [1.29, 1.82) is 0 Å². The van der Waals surface area contributed by atoms with E-state index in [2.05, 4.69) is 43.5 Å². The predicted molar refractivity (Wildman–Crippen MR) is 49.7 cm³/mol. The number of pyridine rings is 1. The molecule has 0 aromatic carbocycles. The molecule has 48 valence electrons. The number of halogens is 3. The van der Waals surface area contributed by atoms with Crippen molar-refractivity contribution in [2.24, 2.45) is 0 Å². The zero-order valence-electron chi connectivity index (χ0n) is 4.24. The first kappa shape index (κ1) is 7.75. The zero-order valence-corrected chi connectivity index (χ0v) is 8.74. The molecule has 1 rings (SSSR count). The molecule has 0 atom stereocenters. The highest BCUT2D eigenvalue weighted by Gasteiger charge is 1.98. The van der Waals surface area contributed by atoms with Gasteiger partial charge in [-0.15, -0.1) is 0 Å².